The van der Waals surface area contributed by atoms with Crippen molar-refractivity contribution in [2.75, 3.05) is 0 Å². The van der Waals surface area contributed by atoms with Crippen LogP contribution in [0.1, 0.15) is 25.3 Å². The Kier molecular flexibility index (Phi) is 3.26. The summed E-state index contributed by atoms with van der Waals surface area (Å²) >= 11 is 8.88. The van der Waals surface area contributed by atoms with Gasteiger partial charge in [0.25, 0.3) is 5.56 Å². The van der Waals surface area contributed by atoms with Crippen molar-refractivity contribution in [3.63, 3.8) is 0 Å². The highest BCUT2D eigenvalue weighted by molar-refractivity contribution is 9.10. The largest absolute Gasteiger partial charge is 0.291 e. The number of nitrogens with zero attached hydrogens (tertiary/aromatic N) is 2. The maximum absolute atomic E-state index is 11.8. The molecule has 0 fully saturated rings. The molecule has 0 radical (unpaired) electrons. The zero-order valence-corrected chi connectivity index (χ0v) is 10.3. The molecule has 0 bridgehead atoms. The van der Waals surface area contributed by atoms with Crippen LogP contribution in [0.25, 0.3) is 0 Å². The molecule has 1 unspecified atom stereocenters. The molecular formula is C10H10BrClN2O. The van der Waals surface area contributed by atoms with E-state index in [4.69, 9.17) is 11.6 Å². The second kappa shape index (κ2) is 4.49. The Morgan fingerprint density at radius 2 is 2.40 bits per heavy atom. The molecule has 1 aliphatic rings. The van der Waals surface area contributed by atoms with Crippen LogP contribution in [0.2, 0.25) is 5.15 Å². The lowest BCUT2D eigenvalue weighted by atomic mass is 10.0. The Morgan fingerprint density at radius 3 is 3.07 bits per heavy atom. The average molecular weight is 290 g/mol. The average Bonchev–Trinajstić information content (AvgIpc) is 2.27. The summed E-state index contributed by atoms with van der Waals surface area (Å²) in [7, 11) is 0. The molecule has 0 saturated carbocycles. The van der Waals surface area contributed by atoms with Gasteiger partial charge in [-0.15, -0.1) is 0 Å². The van der Waals surface area contributed by atoms with Crippen LogP contribution in [0.4, 0.5) is 0 Å². The van der Waals surface area contributed by atoms with Gasteiger partial charge in [-0.1, -0.05) is 23.8 Å². The number of hydrogen-bond acceptors (Lipinski definition) is 2. The van der Waals surface area contributed by atoms with Crippen molar-refractivity contribution >= 4 is 27.5 Å². The molecule has 2 rings (SSSR count). The van der Waals surface area contributed by atoms with Gasteiger partial charge in [0, 0.05) is 0 Å². The zero-order chi connectivity index (χ0) is 10.8. The summed E-state index contributed by atoms with van der Waals surface area (Å²) in [6, 6.07) is 0.118. The molecule has 0 amide bonds. The first-order chi connectivity index (χ1) is 7.20. The van der Waals surface area contributed by atoms with Crippen LogP contribution in [-0.2, 0) is 0 Å². The summed E-state index contributed by atoms with van der Waals surface area (Å²) in [5.74, 6) is 0. The summed E-state index contributed by atoms with van der Waals surface area (Å²) < 4.78 is 1.96. The molecule has 1 aliphatic carbocycles. The second-order valence-electron chi connectivity index (χ2n) is 3.49. The van der Waals surface area contributed by atoms with Crippen LogP contribution in [0.3, 0.4) is 0 Å². The SMILES string of the molecule is O=c1c(Br)c(Cl)ncn1C1C=CCCC1. The van der Waals surface area contributed by atoms with Crippen molar-refractivity contribution < 1.29 is 0 Å². The van der Waals surface area contributed by atoms with E-state index in [1.165, 1.54) is 6.33 Å². The van der Waals surface area contributed by atoms with E-state index in [0.29, 0.717) is 4.47 Å². The van der Waals surface area contributed by atoms with Gasteiger partial charge in [-0.05, 0) is 35.2 Å². The summed E-state index contributed by atoms with van der Waals surface area (Å²) in [5, 5.41) is 0.219. The van der Waals surface area contributed by atoms with Crippen LogP contribution < -0.4 is 5.56 Å². The topological polar surface area (TPSA) is 34.9 Å². The third kappa shape index (κ3) is 2.16. The first-order valence-corrected chi connectivity index (χ1v) is 5.96. The third-order valence-electron chi connectivity index (χ3n) is 2.49. The van der Waals surface area contributed by atoms with Gasteiger partial charge in [0.05, 0.1) is 12.4 Å². The van der Waals surface area contributed by atoms with E-state index in [-0.39, 0.29) is 16.8 Å². The number of allylic oxidation sites excluding steroid dienone is 2. The van der Waals surface area contributed by atoms with Crippen molar-refractivity contribution in [1.29, 1.82) is 0 Å². The van der Waals surface area contributed by atoms with E-state index in [9.17, 15) is 4.79 Å². The van der Waals surface area contributed by atoms with Gasteiger partial charge in [0.1, 0.15) is 4.47 Å². The zero-order valence-electron chi connectivity index (χ0n) is 7.99. The summed E-state index contributed by atoms with van der Waals surface area (Å²) in [5.41, 5.74) is -0.119. The normalized spacial score (nSPS) is 20.5. The number of rotatable bonds is 1. The Balaban J connectivity index is 2.45. The predicted octanol–water partition coefficient (Wildman–Crippen LogP) is 2.94. The van der Waals surface area contributed by atoms with Gasteiger partial charge < -0.3 is 0 Å². The molecule has 15 heavy (non-hydrogen) atoms. The smallest absolute Gasteiger partial charge is 0.269 e. The monoisotopic (exact) mass is 288 g/mol. The number of halogens is 2. The Hall–Kier alpha value is -0.610. The van der Waals surface area contributed by atoms with Crippen LogP contribution in [0.5, 0.6) is 0 Å². The van der Waals surface area contributed by atoms with Crippen LogP contribution >= 0.6 is 27.5 Å². The molecule has 0 aromatic carbocycles. The molecule has 1 heterocycles. The van der Waals surface area contributed by atoms with E-state index in [1.807, 2.05) is 6.08 Å². The van der Waals surface area contributed by atoms with E-state index in [0.717, 1.165) is 19.3 Å². The first-order valence-electron chi connectivity index (χ1n) is 4.79. The Bertz CT molecular complexity index is 455. The molecule has 1 atom stereocenters. The lowest BCUT2D eigenvalue weighted by Crippen LogP contribution is -2.25. The van der Waals surface area contributed by atoms with Gasteiger partial charge in [-0.2, -0.15) is 0 Å². The molecule has 3 nitrogen and oxygen atoms in total. The van der Waals surface area contributed by atoms with Crippen molar-refractivity contribution in [2.24, 2.45) is 0 Å². The molecule has 80 valence electrons. The van der Waals surface area contributed by atoms with Crippen molar-refractivity contribution in [3.05, 3.63) is 38.5 Å². The lowest BCUT2D eigenvalue weighted by Gasteiger charge is -2.18. The minimum Gasteiger partial charge on any atom is -0.291 e. The Morgan fingerprint density at radius 1 is 1.60 bits per heavy atom. The molecule has 0 saturated heterocycles. The maximum Gasteiger partial charge on any atom is 0.269 e. The molecule has 0 aliphatic heterocycles. The number of aromatic nitrogens is 2. The summed E-state index contributed by atoms with van der Waals surface area (Å²) in [4.78, 5) is 15.8. The standard InChI is InChI=1S/C10H10BrClN2O/c11-8-9(12)13-6-14(10(8)15)7-4-2-1-3-5-7/h2,4,6-7H,1,3,5H2. The van der Waals surface area contributed by atoms with E-state index < -0.39 is 0 Å². The van der Waals surface area contributed by atoms with Crippen molar-refractivity contribution in [2.45, 2.75) is 25.3 Å². The molecular weight excluding hydrogens is 279 g/mol. The first kappa shape index (κ1) is 10.9. The van der Waals surface area contributed by atoms with Gasteiger partial charge in [-0.3, -0.25) is 9.36 Å². The maximum atomic E-state index is 11.8. The number of hydrogen-bond donors (Lipinski definition) is 0. The van der Waals surface area contributed by atoms with Crippen LogP contribution in [0.15, 0.2) is 27.7 Å². The third-order valence-corrected chi connectivity index (χ3v) is 3.71. The highest BCUT2D eigenvalue weighted by Crippen LogP contribution is 2.22. The highest BCUT2D eigenvalue weighted by Gasteiger charge is 2.14. The summed E-state index contributed by atoms with van der Waals surface area (Å²) in [6.45, 7) is 0. The van der Waals surface area contributed by atoms with Crippen molar-refractivity contribution in [3.8, 4) is 0 Å². The van der Waals surface area contributed by atoms with E-state index in [1.54, 1.807) is 4.57 Å². The predicted molar refractivity (Wildman–Crippen MR) is 63.2 cm³/mol. The fraction of sp³-hybridized carbons (Fsp3) is 0.400. The minimum atomic E-state index is -0.119. The fourth-order valence-electron chi connectivity index (χ4n) is 1.69. The van der Waals surface area contributed by atoms with Gasteiger partial charge in [-0.25, -0.2) is 4.98 Å². The lowest BCUT2D eigenvalue weighted by molar-refractivity contribution is 0.497. The van der Waals surface area contributed by atoms with Crippen molar-refractivity contribution in [1.82, 2.24) is 9.55 Å². The molecule has 5 heteroatoms. The van der Waals surface area contributed by atoms with Gasteiger partial charge in [0.2, 0.25) is 0 Å². The van der Waals surface area contributed by atoms with Crippen LogP contribution in [-0.4, -0.2) is 9.55 Å². The molecule has 1 aromatic rings. The fourth-order valence-corrected chi connectivity index (χ4v) is 2.12. The molecule has 0 N–H and O–H groups in total. The highest BCUT2D eigenvalue weighted by atomic mass is 79.9. The minimum absolute atomic E-state index is 0.118. The van der Waals surface area contributed by atoms with E-state index in [2.05, 4.69) is 27.0 Å². The van der Waals surface area contributed by atoms with E-state index >= 15 is 0 Å². The van der Waals surface area contributed by atoms with Crippen LogP contribution in [0, 0.1) is 0 Å². The quantitative estimate of drug-likeness (QED) is 0.588. The summed E-state index contributed by atoms with van der Waals surface area (Å²) in [6.07, 6.45) is 8.83. The Labute approximate surface area is 101 Å². The van der Waals surface area contributed by atoms with Gasteiger partial charge in [0.15, 0.2) is 5.15 Å². The van der Waals surface area contributed by atoms with Gasteiger partial charge >= 0.3 is 0 Å². The molecule has 1 aromatic heterocycles. The molecule has 0 spiro atoms. The second-order valence-corrected chi connectivity index (χ2v) is 4.64.